The quantitative estimate of drug-likeness (QED) is 0.682. The molecule has 0 unspecified atom stereocenters. The van der Waals surface area contributed by atoms with Crippen LogP contribution in [-0.4, -0.2) is 17.1 Å². The number of pyridine rings is 1. The van der Waals surface area contributed by atoms with Crippen molar-refractivity contribution in [3.8, 4) is 0 Å². The van der Waals surface area contributed by atoms with Gasteiger partial charge in [-0.1, -0.05) is 0 Å². The normalized spacial score (nSPS) is 26.2. The number of nitrogens with one attached hydrogen (secondary N) is 1. The van der Waals surface area contributed by atoms with E-state index in [0.717, 1.165) is 31.5 Å². The summed E-state index contributed by atoms with van der Waals surface area (Å²) in [6, 6.07) is 4.69. The zero-order valence-corrected chi connectivity index (χ0v) is 8.82. The first kappa shape index (κ1) is 10.2. The second kappa shape index (κ2) is 4.49. The molecule has 0 aromatic carbocycles. The average molecular weight is 206 g/mol. The van der Waals surface area contributed by atoms with Gasteiger partial charge in [-0.2, -0.15) is 0 Å². The van der Waals surface area contributed by atoms with E-state index >= 15 is 0 Å². The molecule has 0 spiro atoms. The lowest BCUT2D eigenvalue weighted by atomic mass is 9.92. The number of nitrogen functional groups attached to an aromatic ring is 1. The summed E-state index contributed by atoms with van der Waals surface area (Å²) in [5.41, 5.74) is 12.1. The number of nitrogens with zero attached hydrogens (tertiary/aromatic N) is 1. The van der Waals surface area contributed by atoms with Crippen LogP contribution in [0.4, 0.5) is 11.5 Å². The summed E-state index contributed by atoms with van der Waals surface area (Å²) in [6.07, 6.45) is 6.15. The minimum Gasteiger partial charge on any atom is -0.397 e. The molecule has 0 aliphatic heterocycles. The van der Waals surface area contributed by atoms with Crippen LogP contribution >= 0.6 is 0 Å². The molecule has 15 heavy (non-hydrogen) atoms. The fourth-order valence-electron chi connectivity index (χ4n) is 1.96. The summed E-state index contributed by atoms with van der Waals surface area (Å²) in [5.74, 6) is 0.907. The van der Waals surface area contributed by atoms with Crippen molar-refractivity contribution in [3.63, 3.8) is 0 Å². The smallest absolute Gasteiger partial charge is 0.126 e. The van der Waals surface area contributed by atoms with Crippen molar-refractivity contribution < 1.29 is 0 Å². The van der Waals surface area contributed by atoms with Crippen LogP contribution in [0.15, 0.2) is 18.3 Å². The van der Waals surface area contributed by atoms with Crippen LogP contribution in [0.2, 0.25) is 0 Å². The van der Waals surface area contributed by atoms with Crippen molar-refractivity contribution in [1.29, 1.82) is 0 Å². The van der Waals surface area contributed by atoms with Gasteiger partial charge in [-0.05, 0) is 37.8 Å². The highest BCUT2D eigenvalue weighted by atomic mass is 15.0. The first-order valence-corrected chi connectivity index (χ1v) is 5.47. The molecule has 1 heterocycles. The number of rotatable bonds is 2. The summed E-state index contributed by atoms with van der Waals surface area (Å²) in [6.45, 7) is 0. The predicted molar refractivity (Wildman–Crippen MR) is 62.5 cm³/mol. The van der Waals surface area contributed by atoms with Gasteiger partial charge in [0.25, 0.3) is 0 Å². The van der Waals surface area contributed by atoms with Gasteiger partial charge >= 0.3 is 0 Å². The molecule has 1 aliphatic carbocycles. The van der Waals surface area contributed by atoms with Crippen LogP contribution < -0.4 is 16.8 Å². The summed E-state index contributed by atoms with van der Waals surface area (Å²) in [5, 5.41) is 3.41. The van der Waals surface area contributed by atoms with Gasteiger partial charge in [-0.25, -0.2) is 4.98 Å². The Morgan fingerprint density at radius 3 is 2.53 bits per heavy atom. The molecule has 0 bridgehead atoms. The van der Waals surface area contributed by atoms with Crippen molar-refractivity contribution in [2.75, 3.05) is 11.1 Å². The van der Waals surface area contributed by atoms with E-state index in [0.29, 0.717) is 17.8 Å². The lowest BCUT2D eigenvalue weighted by molar-refractivity contribution is 0.410. The Kier molecular flexibility index (Phi) is 3.06. The zero-order chi connectivity index (χ0) is 10.7. The molecular weight excluding hydrogens is 188 g/mol. The second-order valence-corrected chi connectivity index (χ2v) is 4.23. The van der Waals surface area contributed by atoms with Crippen LogP contribution in [0.1, 0.15) is 25.7 Å². The van der Waals surface area contributed by atoms with Crippen LogP contribution in [0.3, 0.4) is 0 Å². The molecular formula is C11H18N4. The summed E-state index contributed by atoms with van der Waals surface area (Å²) in [4.78, 5) is 4.22. The van der Waals surface area contributed by atoms with Gasteiger partial charge in [-0.3, -0.25) is 0 Å². The van der Waals surface area contributed by atoms with Crippen molar-refractivity contribution in [2.24, 2.45) is 5.73 Å². The maximum Gasteiger partial charge on any atom is 0.126 e. The Hall–Kier alpha value is -1.29. The maximum atomic E-state index is 5.85. The van der Waals surface area contributed by atoms with E-state index in [1.807, 2.05) is 12.1 Å². The molecule has 4 nitrogen and oxygen atoms in total. The Balaban J connectivity index is 1.89. The second-order valence-electron chi connectivity index (χ2n) is 4.23. The van der Waals surface area contributed by atoms with Gasteiger partial charge in [-0.15, -0.1) is 0 Å². The predicted octanol–water partition coefficient (Wildman–Crippen LogP) is 1.35. The minimum atomic E-state index is 0.391. The van der Waals surface area contributed by atoms with E-state index in [1.54, 1.807) is 6.20 Å². The number of hydrogen-bond acceptors (Lipinski definition) is 4. The summed E-state index contributed by atoms with van der Waals surface area (Å²) < 4.78 is 0. The molecule has 0 radical (unpaired) electrons. The van der Waals surface area contributed by atoms with Crippen molar-refractivity contribution in [2.45, 2.75) is 37.8 Å². The third-order valence-corrected chi connectivity index (χ3v) is 2.91. The standard InChI is InChI=1S/C11H18N4/c12-8-1-4-10(5-2-8)15-11-6-3-9(13)7-14-11/h3,6-8,10H,1-2,4-5,12-13H2,(H,14,15). The highest BCUT2D eigenvalue weighted by Crippen LogP contribution is 2.20. The van der Waals surface area contributed by atoms with Gasteiger partial charge in [0.1, 0.15) is 5.82 Å². The first-order chi connectivity index (χ1) is 7.24. The number of hydrogen-bond donors (Lipinski definition) is 3. The number of anilines is 2. The fourth-order valence-corrected chi connectivity index (χ4v) is 1.96. The molecule has 0 amide bonds. The molecule has 82 valence electrons. The molecule has 0 atom stereocenters. The Bertz CT molecular complexity index is 301. The monoisotopic (exact) mass is 206 g/mol. The summed E-state index contributed by atoms with van der Waals surface area (Å²) in [7, 11) is 0. The maximum absolute atomic E-state index is 5.85. The number of aromatic nitrogens is 1. The van der Waals surface area contributed by atoms with Gasteiger partial charge in [0.05, 0.1) is 11.9 Å². The summed E-state index contributed by atoms with van der Waals surface area (Å²) >= 11 is 0. The van der Waals surface area contributed by atoms with Gasteiger partial charge in [0, 0.05) is 12.1 Å². The van der Waals surface area contributed by atoms with Crippen LogP contribution in [-0.2, 0) is 0 Å². The molecule has 4 heteroatoms. The molecule has 0 saturated heterocycles. The molecule has 1 aliphatic rings. The zero-order valence-electron chi connectivity index (χ0n) is 8.82. The van der Waals surface area contributed by atoms with Gasteiger partial charge < -0.3 is 16.8 Å². The van der Waals surface area contributed by atoms with E-state index in [2.05, 4.69) is 10.3 Å². The Morgan fingerprint density at radius 2 is 1.93 bits per heavy atom. The lowest BCUT2D eigenvalue weighted by Crippen LogP contribution is -2.32. The highest BCUT2D eigenvalue weighted by molar-refractivity contribution is 5.44. The molecule has 1 fully saturated rings. The van der Waals surface area contributed by atoms with Crippen LogP contribution in [0.25, 0.3) is 0 Å². The van der Waals surface area contributed by atoms with E-state index in [9.17, 15) is 0 Å². The topological polar surface area (TPSA) is 77.0 Å². The van der Waals surface area contributed by atoms with E-state index in [1.165, 1.54) is 0 Å². The van der Waals surface area contributed by atoms with E-state index in [4.69, 9.17) is 11.5 Å². The number of nitrogens with two attached hydrogens (primary N) is 2. The van der Waals surface area contributed by atoms with E-state index < -0.39 is 0 Å². The average Bonchev–Trinajstić information content (AvgIpc) is 2.25. The van der Waals surface area contributed by atoms with Crippen molar-refractivity contribution in [1.82, 2.24) is 4.98 Å². The van der Waals surface area contributed by atoms with Crippen molar-refractivity contribution in [3.05, 3.63) is 18.3 Å². The van der Waals surface area contributed by atoms with Crippen LogP contribution in [0.5, 0.6) is 0 Å². The Labute approximate surface area is 90.1 Å². The minimum absolute atomic E-state index is 0.391. The molecule has 1 aromatic heterocycles. The fraction of sp³-hybridized carbons (Fsp3) is 0.545. The molecule has 1 saturated carbocycles. The highest BCUT2D eigenvalue weighted by Gasteiger charge is 2.18. The molecule has 5 N–H and O–H groups in total. The molecule has 2 rings (SSSR count). The largest absolute Gasteiger partial charge is 0.397 e. The first-order valence-electron chi connectivity index (χ1n) is 5.47. The van der Waals surface area contributed by atoms with Gasteiger partial charge in [0.15, 0.2) is 0 Å². The van der Waals surface area contributed by atoms with E-state index in [-0.39, 0.29) is 0 Å². The van der Waals surface area contributed by atoms with Crippen molar-refractivity contribution >= 4 is 11.5 Å². The molecule has 1 aromatic rings. The lowest BCUT2D eigenvalue weighted by Gasteiger charge is -2.27. The third kappa shape index (κ3) is 2.83. The third-order valence-electron chi connectivity index (χ3n) is 2.91. The van der Waals surface area contributed by atoms with Gasteiger partial charge in [0.2, 0.25) is 0 Å². The SMILES string of the molecule is Nc1ccc(NC2CCC(N)CC2)nc1. The Morgan fingerprint density at radius 1 is 1.20 bits per heavy atom. The van der Waals surface area contributed by atoms with Crippen LogP contribution in [0, 0.1) is 0 Å².